The van der Waals surface area contributed by atoms with E-state index >= 15 is 0 Å². The number of benzene rings is 2. The summed E-state index contributed by atoms with van der Waals surface area (Å²) in [5.41, 5.74) is 1.19. The fraction of sp³-hybridized carbons (Fsp3) is 0.429. The van der Waals surface area contributed by atoms with Gasteiger partial charge in [0.1, 0.15) is 13.2 Å². The molecule has 0 bridgehead atoms. The maximum Gasteiger partial charge on any atom is 0.331 e. The molecular weight excluding hydrogens is 556 g/mol. The normalized spacial score (nSPS) is 14.4. The summed E-state index contributed by atoms with van der Waals surface area (Å²) in [5.74, 6) is -1.78. The van der Waals surface area contributed by atoms with E-state index < -0.39 is 53.6 Å². The van der Waals surface area contributed by atoms with Crippen molar-refractivity contribution in [1.82, 2.24) is 9.44 Å². The van der Waals surface area contributed by atoms with Crippen LogP contribution in [0.5, 0.6) is 0 Å². The van der Waals surface area contributed by atoms with Crippen LogP contribution in [0.2, 0.25) is 0 Å². The largest absolute Gasteiger partial charge is 0.460 e. The van der Waals surface area contributed by atoms with Crippen LogP contribution in [-0.2, 0) is 39.1 Å². The summed E-state index contributed by atoms with van der Waals surface area (Å²) in [7, 11) is -7.52. The molecule has 0 saturated heterocycles. The fourth-order valence-electron chi connectivity index (χ4n) is 3.06. The first kappa shape index (κ1) is 33.1. The lowest BCUT2D eigenvalue weighted by molar-refractivity contribution is -0.141. The zero-order valence-electron chi connectivity index (χ0n) is 23.6. The molecule has 0 aliphatic heterocycles. The van der Waals surface area contributed by atoms with E-state index in [1.54, 1.807) is 102 Å². The van der Waals surface area contributed by atoms with Crippen LogP contribution in [0.25, 0.3) is 0 Å². The van der Waals surface area contributed by atoms with E-state index in [2.05, 4.69) is 9.44 Å². The number of ether oxygens (including phenoxy) is 2. The molecule has 0 aliphatic rings. The number of rotatable bonds is 12. The molecule has 12 heteroatoms. The molecule has 0 unspecified atom stereocenters. The van der Waals surface area contributed by atoms with Gasteiger partial charge in [-0.05, 0) is 52.7 Å². The summed E-state index contributed by atoms with van der Waals surface area (Å²) in [6.07, 6.45) is 1.72. The number of nitrogens with one attached hydrogen (secondary N) is 2. The van der Waals surface area contributed by atoms with Crippen molar-refractivity contribution in [1.29, 1.82) is 0 Å². The number of carbonyl (C=O) groups excluding carboxylic acids is 2. The second-order valence-corrected chi connectivity index (χ2v) is 15.9. The molecule has 2 aromatic rings. The quantitative estimate of drug-likeness (QED) is 0.280. The number of esters is 2. The van der Waals surface area contributed by atoms with Crippen molar-refractivity contribution in [3.05, 3.63) is 83.9 Å². The number of sulfonamides is 2. The monoisotopic (exact) mass is 594 g/mol. The van der Waals surface area contributed by atoms with E-state index in [0.29, 0.717) is 11.1 Å². The van der Waals surface area contributed by atoms with Crippen molar-refractivity contribution in [2.75, 3.05) is 13.2 Å². The molecule has 0 aromatic heterocycles. The van der Waals surface area contributed by atoms with E-state index in [9.17, 15) is 26.4 Å². The van der Waals surface area contributed by atoms with Crippen molar-refractivity contribution in [2.24, 2.45) is 0 Å². The minimum absolute atomic E-state index is 0.317. The summed E-state index contributed by atoms with van der Waals surface area (Å²) in [6.45, 7) is 8.66. The predicted molar refractivity (Wildman–Crippen MR) is 153 cm³/mol. The van der Waals surface area contributed by atoms with Crippen molar-refractivity contribution in [3.63, 3.8) is 0 Å². The molecule has 0 fully saturated rings. The van der Waals surface area contributed by atoms with E-state index in [4.69, 9.17) is 9.47 Å². The lowest BCUT2D eigenvalue weighted by Crippen LogP contribution is -2.42. The van der Waals surface area contributed by atoms with E-state index in [-0.39, 0.29) is 13.2 Å². The van der Waals surface area contributed by atoms with E-state index in [1.807, 2.05) is 0 Å². The standard InChI is InChI=1S/C28H38N2O8S2/c1-27(2,3)39(33,34)29-23(21-13-9-7-10-14-21)19-37-25(31)17-18-26(32)38-20-24(22-15-11-8-12-16-22)30-40(35,36)28(4,5)6/h7-18,23-24,29-30H,19-20H2,1-6H3/b18-17+/t23-,24+. The van der Waals surface area contributed by atoms with Crippen LogP contribution in [0.4, 0.5) is 0 Å². The molecular formula is C28H38N2O8S2. The minimum atomic E-state index is -3.76. The summed E-state index contributed by atoms with van der Waals surface area (Å²) in [4.78, 5) is 24.6. The maximum atomic E-state index is 12.7. The Morgan fingerprint density at radius 1 is 0.650 bits per heavy atom. The highest BCUT2D eigenvalue weighted by Gasteiger charge is 2.33. The lowest BCUT2D eigenvalue weighted by Gasteiger charge is -2.25. The van der Waals surface area contributed by atoms with Crippen molar-refractivity contribution < 1.29 is 35.9 Å². The number of hydrogen-bond acceptors (Lipinski definition) is 8. The van der Waals surface area contributed by atoms with Crippen LogP contribution in [0.3, 0.4) is 0 Å². The van der Waals surface area contributed by atoms with E-state index in [1.165, 1.54) is 0 Å². The average Bonchev–Trinajstić information content (AvgIpc) is 2.87. The molecule has 2 aromatic carbocycles. The Kier molecular flexibility index (Phi) is 11.2. The molecule has 40 heavy (non-hydrogen) atoms. The summed E-state index contributed by atoms with van der Waals surface area (Å²) in [5, 5.41) is 0. The van der Waals surface area contributed by atoms with Crippen LogP contribution in [0.1, 0.15) is 64.8 Å². The molecule has 0 amide bonds. The predicted octanol–water partition coefficient (Wildman–Crippen LogP) is 3.55. The highest BCUT2D eigenvalue weighted by Crippen LogP contribution is 2.22. The zero-order chi connectivity index (χ0) is 30.2. The third kappa shape index (κ3) is 9.84. The van der Waals surface area contributed by atoms with Crippen molar-refractivity contribution >= 4 is 32.0 Å². The van der Waals surface area contributed by atoms with Gasteiger partial charge in [0.2, 0.25) is 20.0 Å². The van der Waals surface area contributed by atoms with Gasteiger partial charge in [0.15, 0.2) is 0 Å². The van der Waals surface area contributed by atoms with Crippen LogP contribution >= 0.6 is 0 Å². The smallest absolute Gasteiger partial charge is 0.331 e. The molecule has 0 radical (unpaired) electrons. The summed E-state index contributed by atoms with van der Waals surface area (Å²) >= 11 is 0. The van der Waals surface area contributed by atoms with Gasteiger partial charge in [-0.25, -0.2) is 35.9 Å². The number of hydrogen-bond donors (Lipinski definition) is 2. The summed E-state index contributed by atoms with van der Waals surface area (Å²) in [6, 6.07) is 15.6. The SMILES string of the molecule is CC(C)(C)S(=O)(=O)N[C@@H](COC(=O)/C=C/C(=O)OC[C@@H](NS(=O)(=O)C(C)(C)C)c1ccccc1)c1ccccc1. The maximum absolute atomic E-state index is 12.7. The third-order valence-corrected chi connectivity index (χ3v) is 10.2. The van der Waals surface area contributed by atoms with Gasteiger partial charge in [-0.2, -0.15) is 0 Å². The van der Waals surface area contributed by atoms with Crippen molar-refractivity contribution in [3.8, 4) is 0 Å². The van der Waals surface area contributed by atoms with Crippen LogP contribution in [0, 0.1) is 0 Å². The van der Waals surface area contributed by atoms with Gasteiger partial charge in [-0.3, -0.25) is 0 Å². The van der Waals surface area contributed by atoms with Gasteiger partial charge >= 0.3 is 11.9 Å². The Hall–Kier alpha value is -3.06. The molecule has 0 aliphatic carbocycles. The van der Waals surface area contributed by atoms with Gasteiger partial charge in [0.25, 0.3) is 0 Å². The zero-order valence-corrected chi connectivity index (χ0v) is 25.2. The molecule has 0 heterocycles. The van der Waals surface area contributed by atoms with Crippen LogP contribution in [0.15, 0.2) is 72.8 Å². The van der Waals surface area contributed by atoms with Gasteiger partial charge < -0.3 is 9.47 Å². The molecule has 0 spiro atoms. The first-order valence-corrected chi connectivity index (χ1v) is 15.5. The molecule has 2 N–H and O–H groups in total. The molecule has 0 saturated carbocycles. The van der Waals surface area contributed by atoms with Gasteiger partial charge in [-0.1, -0.05) is 60.7 Å². The average molecular weight is 595 g/mol. The Morgan fingerprint density at radius 3 is 1.23 bits per heavy atom. The van der Waals surface area contributed by atoms with Gasteiger partial charge in [0, 0.05) is 12.2 Å². The topological polar surface area (TPSA) is 145 Å². The Balaban J connectivity index is 2.04. The van der Waals surface area contributed by atoms with Crippen LogP contribution in [-0.4, -0.2) is 51.5 Å². The first-order valence-electron chi connectivity index (χ1n) is 12.6. The molecule has 220 valence electrons. The Morgan fingerprint density at radius 2 is 0.950 bits per heavy atom. The summed E-state index contributed by atoms with van der Waals surface area (Å²) < 4.78 is 64.2. The second kappa shape index (κ2) is 13.5. The molecule has 2 atom stereocenters. The second-order valence-electron chi connectivity index (χ2n) is 11.0. The fourth-order valence-corrected chi connectivity index (χ4v) is 4.92. The Bertz CT molecular complexity index is 1270. The third-order valence-electron chi connectivity index (χ3n) is 5.75. The minimum Gasteiger partial charge on any atom is -0.460 e. The molecule has 2 rings (SSSR count). The lowest BCUT2D eigenvalue weighted by atomic mass is 10.1. The number of carbonyl (C=O) groups is 2. The Labute approximate surface area is 237 Å². The van der Waals surface area contributed by atoms with E-state index in [0.717, 1.165) is 12.2 Å². The van der Waals surface area contributed by atoms with Crippen LogP contribution < -0.4 is 9.44 Å². The highest BCUT2D eigenvalue weighted by molar-refractivity contribution is 7.91. The highest BCUT2D eigenvalue weighted by atomic mass is 32.2. The van der Waals surface area contributed by atoms with Gasteiger partial charge in [0.05, 0.1) is 21.6 Å². The van der Waals surface area contributed by atoms with Gasteiger partial charge in [-0.15, -0.1) is 0 Å². The first-order chi connectivity index (χ1) is 18.4. The van der Waals surface area contributed by atoms with Crippen molar-refractivity contribution in [2.45, 2.75) is 63.1 Å². The molecule has 10 nitrogen and oxygen atoms in total.